The van der Waals surface area contributed by atoms with Crippen molar-refractivity contribution in [3.05, 3.63) is 29.3 Å². The van der Waals surface area contributed by atoms with E-state index in [1.54, 1.807) is 31.2 Å². The third-order valence-corrected chi connectivity index (χ3v) is 2.68. The van der Waals surface area contributed by atoms with Crippen LogP contribution in [0.5, 0.6) is 0 Å². The highest BCUT2D eigenvalue weighted by Crippen LogP contribution is 2.20. The molecule has 0 heterocycles. The van der Waals surface area contributed by atoms with E-state index >= 15 is 0 Å². The Morgan fingerprint density at radius 1 is 1.28 bits per heavy atom. The molecule has 0 radical (unpaired) electrons. The maximum absolute atomic E-state index is 11.7. The largest absolute Gasteiger partial charge is 0.354 e. The summed E-state index contributed by atoms with van der Waals surface area (Å²) in [5.74, 6) is 0. The van der Waals surface area contributed by atoms with Crippen molar-refractivity contribution in [2.45, 2.75) is 19.3 Å². The number of hydrogen-bond donors (Lipinski definition) is 2. The van der Waals surface area contributed by atoms with Crippen molar-refractivity contribution in [1.29, 1.82) is 0 Å². The fourth-order valence-corrected chi connectivity index (χ4v) is 1.68. The maximum Gasteiger partial charge on any atom is 0.319 e. The van der Waals surface area contributed by atoms with Gasteiger partial charge in [-0.05, 0) is 19.1 Å². The van der Waals surface area contributed by atoms with Gasteiger partial charge in [-0.25, -0.2) is 4.79 Å². The lowest BCUT2D eigenvalue weighted by molar-refractivity contribution is -0.117. The normalized spacial score (nSPS) is 12.3. The molecule has 0 spiro atoms. The smallest absolute Gasteiger partial charge is 0.319 e. The SMILES string of the molecule is COC(OC)C(C)NC(=O)Nc1ccccc1Cl. The summed E-state index contributed by atoms with van der Waals surface area (Å²) < 4.78 is 10.1. The lowest BCUT2D eigenvalue weighted by Crippen LogP contribution is -2.44. The molecule has 18 heavy (non-hydrogen) atoms. The van der Waals surface area contributed by atoms with E-state index in [0.29, 0.717) is 10.7 Å². The highest BCUT2D eigenvalue weighted by atomic mass is 35.5. The van der Waals surface area contributed by atoms with E-state index in [0.717, 1.165) is 0 Å². The predicted octanol–water partition coefficient (Wildman–Crippen LogP) is 2.47. The van der Waals surface area contributed by atoms with Gasteiger partial charge in [0.15, 0.2) is 6.29 Å². The number of rotatable bonds is 5. The summed E-state index contributed by atoms with van der Waals surface area (Å²) in [5.41, 5.74) is 0.551. The van der Waals surface area contributed by atoms with E-state index < -0.39 is 6.29 Å². The van der Waals surface area contributed by atoms with Gasteiger partial charge in [-0.1, -0.05) is 23.7 Å². The Morgan fingerprint density at radius 3 is 2.44 bits per heavy atom. The lowest BCUT2D eigenvalue weighted by Gasteiger charge is -2.22. The number of hydrogen-bond acceptors (Lipinski definition) is 3. The third-order valence-electron chi connectivity index (χ3n) is 2.35. The molecule has 1 aromatic carbocycles. The Bertz CT molecular complexity index is 397. The topological polar surface area (TPSA) is 59.6 Å². The van der Waals surface area contributed by atoms with Crippen LogP contribution in [0.15, 0.2) is 24.3 Å². The van der Waals surface area contributed by atoms with Crippen LogP contribution < -0.4 is 10.6 Å². The number of methoxy groups -OCH3 is 2. The van der Waals surface area contributed by atoms with E-state index in [9.17, 15) is 4.79 Å². The van der Waals surface area contributed by atoms with Gasteiger partial charge in [0.05, 0.1) is 16.8 Å². The van der Waals surface area contributed by atoms with Crippen molar-refractivity contribution < 1.29 is 14.3 Å². The van der Waals surface area contributed by atoms with Crippen LogP contribution >= 0.6 is 11.6 Å². The first-order chi connectivity index (χ1) is 8.58. The van der Waals surface area contributed by atoms with Crippen LogP contribution in [-0.2, 0) is 9.47 Å². The number of nitrogens with one attached hydrogen (secondary N) is 2. The minimum Gasteiger partial charge on any atom is -0.354 e. The number of carbonyl (C=O) groups excluding carboxylic acids is 1. The molecular weight excluding hydrogens is 256 g/mol. The molecule has 0 aromatic heterocycles. The van der Waals surface area contributed by atoms with Gasteiger partial charge in [-0.3, -0.25) is 0 Å². The van der Waals surface area contributed by atoms with Crippen LogP contribution in [0, 0.1) is 0 Å². The van der Waals surface area contributed by atoms with E-state index in [4.69, 9.17) is 21.1 Å². The second-order valence-electron chi connectivity index (χ2n) is 3.71. The van der Waals surface area contributed by atoms with Crippen molar-refractivity contribution in [2.24, 2.45) is 0 Å². The van der Waals surface area contributed by atoms with Gasteiger partial charge < -0.3 is 20.1 Å². The minimum absolute atomic E-state index is 0.289. The van der Waals surface area contributed by atoms with Crippen LogP contribution in [0.1, 0.15) is 6.92 Å². The molecule has 0 bridgehead atoms. The molecule has 100 valence electrons. The van der Waals surface area contributed by atoms with Gasteiger partial charge in [-0.15, -0.1) is 0 Å². The fourth-order valence-electron chi connectivity index (χ4n) is 1.50. The number of halogens is 1. The Morgan fingerprint density at radius 2 is 1.89 bits per heavy atom. The zero-order chi connectivity index (χ0) is 13.5. The Labute approximate surface area is 111 Å². The molecular formula is C12H17ClN2O3. The Hall–Kier alpha value is -1.30. The fraction of sp³-hybridized carbons (Fsp3) is 0.417. The second kappa shape index (κ2) is 7.20. The number of anilines is 1. The predicted molar refractivity (Wildman–Crippen MR) is 70.9 cm³/mol. The molecule has 0 aliphatic rings. The van der Waals surface area contributed by atoms with Crippen molar-refractivity contribution in [3.8, 4) is 0 Å². The van der Waals surface area contributed by atoms with Gasteiger partial charge in [-0.2, -0.15) is 0 Å². The van der Waals surface area contributed by atoms with Gasteiger partial charge in [0.1, 0.15) is 0 Å². The number of carbonyl (C=O) groups is 1. The number of ether oxygens (including phenoxy) is 2. The molecule has 1 unspecified atom stereocenters. The van der Waals surface area contributed by atoms with Gasteiger partial charge in [0.25, 0.3) is 0 Å². The molecule has 0 aliphatic heterocycles. The van der Waals surface area contributed by atoms with Crippen LogP contribution in [-0.4, -0.2) is 32.6 Å². The first-order valence-corrected chi connectivity index (χ1v) is 5.84. The van der Waals surface area contributed by atoms with Crippen molar-refractivity contribution in [1.82, 2.24) is 5.32 Å². The molecule has 1 aromatic rings. The Kier molecular flexibility index (Phi) is 5.91. The molecule has 5 nitrogen and oxygen atoms in total. The number of amides is 2. The van der Waals surface area contributed by atoms with E-state index in [-0.39, 0.29) is 12.1 Å². The van der Waals surface area contributed by atoms with Crippen LogP contribution in [0.2, 0.25) is 5.02 Å². The number of urea groups is 1. The van der Waals surface area contributed by atoms with Crippen molar-refractivity contribution >= 4 is 23.3 Å². The molecule has 2 amide bonds. The zero-order valence-corrected chi connectivity index (χ0v) is 11.3. The summed E-state index contributed by atoms with van der Waals surface area (Å²) >= 11 is 5.93. The highest BCUT2D eigenvalue weighted by Gasteiger charge is 2.18. The summed E-state index contributed by atoms with van der Waals surface area (Å²) in [7, 11) is 3.02. The van der Waals surface area contributed by atoms with E-state index in [2.05, 4.69) is 10.6 Å². The summed E-state index contributed by atoms with van der Waals surface area (Å²) in [4.78, 5) is 11.7. The first kappa shape index (κ1) is 14.8. The monoisotopic (exact) mass is 272 g/mol. The molecule has 6 heteroatoms. The quantitative estimate of drug-likeness (QED) is 0.810. The minimum atomic E-state index is -0.498. The second-order valence-corrected chi connectivity index (χ2v) is 4.11. The van der Waals surface area contributed by atoms with Crippen LogP contribution in [0.3, 0.4) is 0 Å². The van der Waals surface area contributed by atoms with E-state index in [1.165, 1.54) is 14.2 Å². The summed E-state index contributed by atoms with van der Waals surface area (Å²) in [6.07, 6.45) is -0.498. The molecule has 0 aliphatic carbocycles. The highest BCUT2D eigenvalue weighted by molar-refractivity contribution is 6.33. The zero-order valence-electron chi connectivity index (χ0n) is 10.6. The number of para-hydroxylation sites is 1. The number of benzene rings is 1. The summed E-state index contributed by atoms with van der Waals surface area (Å²) in [5, 5.41) is 5.83. The molecule has 0 fully saturated rings. The van der Waals surface area contributed by atoms with Gasteiger partial charge in [0.2, 0.25) is 0 Å². The van der Waals surface area contributed by atoms with Crippen LogP contribution in [0.25, 0.3) is 0 Å². The average molecular weight is 273 g/mol. The van der Waals surface area contributed by atoms with Crippen molar-refractivity contribution in [2.75, 3.05) is 19.5 Å². The maximum atomic E-state index is 11.7. The molecule has 1 atom stereocenters. The molecule has 0 saturated carbocycles. The Balaban J connectivity index is 2.54. The molecule has 2 N–H and O–H groups in total. The summed E-state index contributed by atoms with van der Waals surface area (Å²) in [6.45, 7) is 1.78. The standard InChI is InChI=1S/C12H17ClN2O3/c1-8(11(17-2)18-3)14-12(16)15-10-7-5-4-6-9(10)13/h4-8,11H,1-3H3,(H2,14,15,16). The molecule has 0 saturated heterocycles. The van der Waals surface area contributed by atoms with Crippen molar-refractivity contribution in [3.63, 3.8) is 0 Å². The van der Waals surface area contributed by atoms with Gasteiger partial charge >= 0.3 is 6.03 Å². The van der Waals surface area contributed by atoms with Crippen LogP contribution in [0.4, 0.5) is 10.5 Å². The lowest BCUT2D eigenvalue weighted by atomic mass is 10.3. The average Bonchev–Trinajstić information content (AvgIpc) is 2.33. The van der Waals surface area contributed by atoms with E-state index in [1.807, 2.05) is 0 Å². The van der Waals surface area contributed by atoms with Gasteiger partial charge in [0, 0.05) is 14.2 Å². The summed E-state index contributed by atoms with van der Waals surface area (Å²) in [6, 6.07) is 6.35. The first-order valence-electron chi connectivity index (χ1n) is 5.46. The molecule has 1 rings (SSSR count). The third kappa shape index (κ3) is 4.18.